The Labute approximate surface area is 183 Å². The first-order valence-corrected chi connectivity index (χ1v) is 10.7. The number of hydrogen-bond donors (Lipinski definition) is 1. The van der Waals surface area contributed by atoms with Crippen molar-refractivity contribution in [3.05, 3.63) is 83.9 Å². The summed E-state index contributed by atoms with van der Waals surface area (Å²) in [7, 11) is -1.00. The van der Waals surface area contributed by atoms with Gasteiger partial charge in [-0.05, 0) is 66.7 Å². The van der Waals surface area contributed by atoms with Crippen molar-refractivity contribution in [2.75, 3.05) is 23.8 Å². The minimum absolute atomic E-state index is 0.00639. The summed E-state index contributed by atoms with van der Waals surface area (Å²) in [6, 6.07) is 15.8. The SMILES string of the molecule is COc1ccc(S(=O)(=O)N(C)c2ccc(C(=O)Nc3cccc(C(F)(F)F)c3)cc2)cc1. The number of ether oxygens (including phenoxy) is 1. The van der Waals surface area contributed by atoms with Gasteiger partial charge in [-0.3, -0.25) is 9.10 Å². The number of sulfonamides is 1. The summed E-state index contributed by atoms with van der Waals surface area (Å²) < 4.78 is 70.2. The molecule has 0 spiro atoms. The van der Waals surface area contributed by atoms with Gasteiger partial charge >= 0.3 is 6.18 Å². The van der Waals surface area contributed by atoms with E-state index in [1.165, 1.54) is 74.8 Å². The Morgan fingerprint density at radius 3 is 2.16 bits per heavy atom. The number of nitrogens with one attached hydrogen (secondary N) is 1. The van der Waals surface area contributed by atoms with Gasteiger partial charge in [0, 0.05) is 18.3 Å². The molecule has 0 heterocycles. The van der Waals surface area contributed by atoms with Crippen LogP contribution in [0, 0.1) is 0 Å². The second kappa shape index (κ2) is 8.91. The molecule has 10 heteroatoms. The molecule has 1 amide bonds. The monoisotopic (exact) mass is 464 g/mol. The molecule has 0 saturated carbocycles. The van der Waals surface area contributed by atoms with E-state index in [-0.39, 0.29) is 16.1 Å². The van der Waals surface area contributed by atoms with E-state index in [9.17, 15) is 26.4 Å². The predicted octanol–water partition coefficient (Wildman–Crippen LogP) is 4.79. The van der Waals surface area contributed by atoms with Crippen LogP contribution in [0.15, 0.2) is 77.7 Å². The number of methoxy groups -OCH3 is 1. The lowest BCUT2D eigenvalue weighted by Crippen LogP contribution is -2.26. The Balaban J connectivity index is 1.76. The maximum atomic E-state index is 12.8. The van der Waals surface area contributed by atoms with Gasteiger partial charge in [0.1, 0.15) is 5.75 Å². The van der Waals surface area contributed by atoms with E-state index < -0.39 is 27.7 Å². The Kier molecular flexibility index (Phi) is 6.45. The smallest absolute Gasteiger partial charge is 0.416 e. The first-order chi connectivity index (χ1) is 15.0. The zero-order valence-electron chi connectivity index (χ0n) is 17.1. The number of amides is 1. The zero-order chi connectivity index (χ0) is 23.5. The third-order valence-electron chi connectivity index (χ3n) is 4.66. The van der Waals surface area contributed by atoms with Crippen LogP contribution < -0.4 is 14.4 Å². The van der Waals surface area contributed by atoms with E-state index in [2.05, 4.69) is 5.32 Å². The molecule has 0 unspecified atom stereocenters. The molecule has 0 aliphatic carbocycles. The Morgan fingerprint density at radius 2 is 1.59 bits per heavy atom. The Morgan fingerprint density at radius 1 is 0.969 bits per heavy atom. The Bertz CT molecular complexity index is 1210. The van der Waals surface area contributed by atoms with E-state index in [0.29, 0.717) is 11.4 Å². The number of nitrogens with zero attached hydrogens (tertiary/aromatic N) is 1. The quantitative estimate of drug-likeness (QED) is 0.569. The van der Waals surface area contributed by atoms with E-state index in [1.54, 1.807) is 0 Å². The van der Waals surface area contributed by atoms with Gasteiger partial charge in [0.25, 0.3) is 15.9 Å². The highest BCUT2D eigenvalue weighted by Crippen LogP contribution is 2.31. The summed E-state index contributed by atoms with van der Waals surface area (Å²) in [6.45, 7) is 0. The molecule has 168 valence electrons. The number of anilines is 2. The number of hydrogen-bond acceptors (Lipinski definition) is 4. The average Bonchev–Trinajstić information content (AvgIpc) is 2.78. The van der Waals surface area contributed by atoms with Gasteiger partial charge in [0.2, 0.25) is 0 Å². The van der Waals surface area contributed by atoms with Crippen LogP contribution in [0.3, 0.4) is 0 Å². The van der Waals surface area contributed by atoms with Crippen molar-refractivity contribution in [3.8, 4) is 5.75 Å². The normalized spacial score (nSPS) is 11.7. The highest BCUT2D eigenvalue weighted by molar-refractivity contribution is 7.92. The van der Waals surface area contributed by atoms with Crippen molar-refractivity contribution in [2.24, 2.45) is 0 Å². The fraction of sp³-hybridized carbons (Fsp3) is 0.136. The summed E-state index contributed by atoms with van der Waals surface area (Å²) in [5.74, 6) is -0.112. The number of benzene rings is 3. The summed E-state index contributed by atoms with van der Waals surface area (Å²) >= 11 is 0. The molecule has 0 fully saturated rings. The van der Waals surface area contributed by atoms with Gasteiger partial charge in [0.05, 0.1) is 23.3 Å². The molecule has 0 aromatic heterocycles. The van der Waals surface area contributed by atoms with Crippen molar-refractivity contribution >= 4 is 27.3 Å². The van der Waals surface area contributed by atoms with Crippen LogP contribution in [0.5, 0.6) is 5.75 Å². The van der Waals surface area contributed by atoms with Crippen molar-refractivity contribution in [2.45, 2.75) is 11.1 Å². The standard InChI is InChI=1S/C22H19F3N2O4S/c1-27(32(29,30)20-12-10-19(31-2)11-13-20)18-8-6-15(7-9-18)21(28)26-17-5-3-4-16(14-17)22(23,24)25/h3-14H,1-2H3,(H,26,28). The molecule has 3 rings (SSSR count). The van der Waals surface area contributed by atoms with Crippen LogP contribution in [0.4, 0.5) is 24.5 Å². The first kappa shape index (κ1) is 23.1. The molecular formula is C22H19F3N2O4S. The number of rotatable bonds is 6. The van der Waals surface area contributed by atoms with Gasteiger partial charge in [-0.25, -0.2) is 8.42 Å². The molecule has 32 heavy (non-hydrogen) atoms. The molecule has 0 aliphatic rings. The van der Waals surface area contributed by atoms with Crippen molar-refractivity contribution in [1.29, 1.82) is 0 Å². The molecule has 1 N–H and O–H groups in total. The maximum absolute atomic E-state index is 12.8. The van der Waals surface area contributed by atoms with Gasteiger partial charge in [-0.2, -0.15) is 13.2 Å². The van der Waals surface area contributed by atoms with E-state index in [1.807, 2.05) is 0 Å². The molecule has 3 aromatic rings. The minimum Gasteiger partial charge on any atom is -0.497 e. The van der Waals surface area contributed by atoms with Gasteiger partial charge in [-0.15, -0.1) is 0 Å². The lowest BCUT2D eigenvalue weighted by Gasteiger charge is -2.20. The second-order valence-electron chi connectivity index (χ2n) is 6.73. The maximum Gasteiger partial charge on any atom is 0.416 e. The Hall–Kier alpha value is -3.53. The summed E-state index contributed by atoms with van der Waals surface area (Å²) in [4.78, 5) is 12.5. The predicted molar refractivity (Wildman–Crippen MR) is 114 cm³/mol. The number of halogens is 3. The van der Waals surface area contributed by atoms with E-state index in [4.69, 9.17) is 4.74 Å². The fourth-order valence-electron chi connectivity index (χ4n) is 2.84. The van der Waals surface area contributed by atoms with Crippen molar-refractivity contribution < 1.29 is 31.1 Å². The highest BCUT2D eigenvalue weighted by atomic mass is 32.2. The largest absolute Gasteiger partial charge is 0.497 e. The van der Waals surface area contributed by atoms with Crippen LogP contribution in [0.2, 0.25) is 0 Å². The molecule has 0 saturated heterocycles. The fourth-order valence-corrected chi connectivity index (χ4v) is 4.04. The average molecular weight is 464 g/mol. The summed E-state index contributed by atoms with van der Waals surface area (Å²) in [5, 5.41) is 2.40. The second-order valence-corrected chi connectivity index (χ2v) is 8.70. The van der Waals surface area contributed by atoms with E-state index >= 15 is 0 Å². The van der Waals surface area contributed by atoms with Gasteiger partial charge < -0.3 is 10.1 Å². The van der Waals surface area contributed by atoms with Crippen LogP contribution >= 0.6 is 0 Å². The number of carbonyl (C=O) groups excluding carboxylic acids is 1. The first-order valence-electron chi connectivity index (χ1n) is 9.24. The van der Waals surface area contributed by atoms with Crippen molar-refractivity contribution in [3.63, 3.8) is 0 Å². The molecule has 0 radical (unpaired) electrons. The lowest BCUT2D eigenvalue weighted by molar-refractivity contribution is -0.137. The number of carbonyl (C=O) groups is 1. The number of alkyl halides is 3. The van der Waals surface area contributed by atoms with Crippen LogP contribution in [0.1, 0.15) is 15.9 Å². The lowest BCUT2D eigenvalue weighted by atomic mass is 10.1. The zero-order valence-corrected chi connectivity index (χ0v) is 17.9. The topological polar surface area (TPSA) is 75.7 Å². The van der Waals surface area contributed by atoms with Crippen molar-refractivity contribution in [1.82, 2.24) is 0 Å². The third kappa shape index (κ3) is 5.02. The molecule has 0 atom stereocenters. The molecule has 3 aromatic carbocycles. The minimum atomic E-state index is -4.53. The van der Waals surface area contributed by atoms with Crippen LogP contribution in [-0.2, 0) is 16.2 Å². The molecule has 6 nitrogen and oxygen atoms in total. The van der Waals surface area contributed by atoms with E-state index in [0.717, 1.165) is 16.4 Å². The van der Waals surface area contributed by atoms with Gasteiger partial charge in [-0.1, -0.05) is 6.07 Å². The molecule has 0 aliphatic heterocycles. The molecule has 0 bridgehead atoms. The molecular weight excluding hydrogens is 445 g/mol. The van der Waals surface area contributed by atoms with Crippen LogP contribution in [0.25, 0.3) is 0 Å². The third-order valence-corrected chi connectivity index (χ3v) is 6.46. The summed E-state index contributed by atoms with van der Waals surface area (Å²) in [6.07, 6.45) is -4.53. The van der Waals surface area contributed by atoms with Crippen LogP contribution in [-0.4, -0.2) is 28.5 Å². The summed E-state index contributed by atoms with van der Waals surface area (Å²) in [5.41, 5.74) is -0.429. The van der Waals surface area contributed by atoms with Gasteiger partial charge in [0.15, 0.2) is 0 Å². The highest BCUT2D eigenvalue weighted by Gasteiger charge is 2.30.